The lowest BCUT2D eigenvalue weighted by Gasteiger charge is -2.39. The molecule has 0 N–H and O–H groups in total. The van der Waals surface area contributed by atoms with Crippen LogP contribution in [0.1, 0.15) is 40.0 Å². The zero-order valence-corrected chi connectivity index (χ0v) is 14.6. The van der Waals surface area contributed by atoms with Gasteiger partial charge in [-0.25, -0.2) is 0 Å². The molecular formula is C20H25NS. The Morgan fingerprint density at radius 3 is 1.91 bits per heavy atom. The van der Waals surface area contributed by atoms with Crippen LogP contribution in [0.3, 0.4) is 0 Å². The highest BCUT2D eigenvalue weighted by Crippen LogP contribution is 2.49. The SMILES string of the molecule is CCC(CCC(C)C)N1c2ccccc2Sc2ccccc21. The maximum Gasteiger partial charge on any atom is 0.0555 e. The summed E-state index contributed by atoms with van der Waals surface area (Å²) in [6, 6.07) is 18.2. The first-order chi connectivity index (χ1) is 10.7. The number of anilines is 2. The number of nitrogens with zero attached hydrogens (tertiary/aromatic N) is 1. The number of para-hydroxylation sites is 2. The lowest BCUT2D eigenvalue weighted by atomic mass is 9.99. The monoisotopic (exact) mass is 311 g/mol. The van der Waals surface area contributed by atoms with Gasteiger partial charge in [0.1, 0.15) is 0 Å². The molecule has 0 spiro atoms. The van der Waals surface area contributed by atoms with Gasteiger partial charge in [-0.3, -0.25) is 0 Å². The average molecular weight is 311 g/mol. The van der Waals surface area contributed by atoms with E-state index in [1.807, 2.05) is 11.8 Å². The van der Waals surface area contributed by atoms with Gasteiger partial charge in [0, 0.05) is 15.8 Å². The molecule has 0 amide bonds. The van der Waals surface area contributed by atoms with Crippen molar-refractivity contribution in [3.8, 4) is 0 Å². The third-order valence-electron chi connectivity index (χ3n) is 4.38. The molecule has 0 saturated heterocycles. The molecular weight excluding hydrogens is 286 g/mol. The van der Waals surface area contributed by atoms with Crippen LogP contribution in [-0.4, -0.2) is 6.04 Å². The number of hydrogen-bond donors (Lipinski definition) is 0. The van der Waals surface area contributed by atoms with E-state index >= 15 is 0 Å². The van der Waals surface area contributed by atoms with E-state index < -0.39 is 0 Å². The molecule has 3 rings (SSSR count). The van der Waals surface area contributed by atoms with Crippen LogP contribution in [0.25, 0.3) is 0 Å². The van der Waals surface area contributed by atoms with E-state index in [1.54, 1.807) is 0 Å². The number of hydrogen-bond acceptors (Lipinski definition) is 2. The third-order valence-corrected chi connectivity index (χ3v) is 5.51. The minimum atomic E-state index is 0.575. The van der Waals surface area contributed by atoms with Crippen LogP contribution in [0.2, 0.25) is 0 Å². The Balaban J connectivity index is 2.01. The fourth-order valence-electron chi connectivity index (χ4n) is 3.17. The second kappa shape index (κ2) is 6.78. The van der Waals surface area contributed by atoms with Crippen molar-refractivity contribution in [3.05, 3.63) is 48.5 Å². The van der Waals surface area contributed by atoms with Gasteiger partial charge in [0.25, 0.3) is 0 Å². The molecule has 1 heterocycles. The van der Waals surface area contributed by atoms with E-state index in [4.69, 9.17) is 0 Å². The highest BCUT2D eigenvalue weighted by Gasteiger charge is 2.27. The molecule has 1 aliphatic rings. The van der Waals surface area contributed by atoms with E-state index in [9.17, 15) is 0 Å². The van der Waals surface area contributed by atoms with Gasteiger partial charge in [0.15, 0.2) is 0 Å². The maximum absolute atomic E-state index is 2.59. The first-order valence-corrected chi connectivity index (χ1v) is 9.17. The topological polar surface area (TPSA) is 3.24 Å². The van der Waals surface area contributed by atoms with E-state index in [0.29, 0.717) is 6.04 Å². The summed E-state index contributed by atoms with van der Waals surface area (Å²) in [5.41, 5.74) is 2.75. The summed E-state index contributed by atoms with van der Waals surface area (Å²) in [5.74, 6) is 0.763. The second-order valence-corrected chi connectivity index (χ2v) is 7.52. The van der Waals surface area contributed by atoms with Crippen LogP contribution in [-0.2, 0) is 0 Å². The molecule has 2 aromatic rings. The van der Waals surface area contributed by atoms with Gasteiger partial charge >= 0.3 is 0 Å². The van der Waals surface area contributed by atoms with E-state index in [1.165, 1.54) is 40.4 Å². The zero-order valence-electron chi connectivity index (χ0n) is 13.8. The van der Waals surface area contributed by atoms with Crippen molar-refractivity contribution < 1.29 is 0 Å². The summed E-state index contributed by atoms with van der Waals surface area (Å²) in [5, 5.41) is 0. The van der Waals surface area contributed by atoms with E-state index in [-0.39, 0.29) is 0 Å². The molecule has 22 heavy (non-hydrogen) atoms. The fourth-order valence-corrected chi connectivity index (χ4v) is 4.24. The van der Waals surface area contributed by atoms with Crippen molar-refractivity contribution in [1.82, 2.24) is 0 Å². The molecule has 0 bridgehead atoms. The van der Waals surface area contributed by atoms with Crippen molar-refractivity contribution in [1.29, 1.82) is 0 Å². The van der Waals surface area contributed by atoms with Crippen molar-refractivity contribution >= 4 is 23.1 Å². The van der Waals surface area contributed by atoms with Crippen molar-refractivity contribution in [2.24, 2.45) is 5.92 Å². The number of benzene rings is 2. The van der Waals surface area contributed by atoms with E-state index in [0.717, 1.165) is 5.92 Å². The normalized spacial score (nSPS) is 14.6. The Bertz CT molecular complexity index is 590. The Kier molecular flexibility index (Phi) is 4.77. The Labute approximate surface area is 138 Å². The Hall–Kier alpha value is -1.41. The Morgan fingerprint density at radius 2 is 1.41 bits per heavy atom. The summed E-state index contributed by atoms with van der Waals surface area (Å²) in [6.45, 7) is 6.96. The van der Waals surface area contributed by atoms with Crippen LogP contribution in [0.4, 0.5) is 11.4 Å². The zero-order chi connectivity index (χ0) is 15.5. The molecule has 0 radical (unpaired) electrons. The minimum absolute atomic E-state index is 0.575. The summed E-state index contributed by atoms with van der Waals surface area (Å²) >= 11 is 1.90. The highest BCUT2D eigenvalue weighted by atomic mass is 32.2. The summed E-state index contributed by atoms with van der Waals surface area (Å²) in [4.78, 5) is 5.34. The van der Waals surface area contributed by atoms with Crippen LogP contribution >= 0.6 is 11.8 Å². The van der Waals surface area contributed by atoms with Gasteiger partial charge in [-0.1, -0.05) is 56.8 Å². The molecule has 2 heteroatoms. The van der Waals surface area contributed by atoms with Gasteiger partial charge in [0.05, 0.1) is 11.4 Å². The molecule has 0 fully saturated rings. The molecule has 0 saturated carbocycles. The van der Waals surface area contributed by atoms with Crippen LogP contribution in [0.5, 0.6) is 0 Å². The van der Waals surface area contributed by atoms with Crippen LogP contribution < -0.4 is 4.90 Å². The maximum atomic E-state index is 2.59. The van der Waals surface area contributed by atoms with Crippen molar-refractivity contribution in [2.75, 3.05) is 4.90 Å². The molecule has 1 nitrogen and oxygen atoms in total. The summed E-state index contributed by atoms with van der Waals surface area (Å²) in [7, 11) is 0. The van der Waals surface area contributed by atoms with Gasteiger partial charge in [-0.05, 0) is 49.4 Å². The summed E-state index contributed by atoms with van der Waals surface area (Å²) in [6.07, 6.45) is 3.72. The van der Waals surface area contributed by atoms with Gasteiger partial charge in [0.2, 0.25) is 0 Å². The first-order valence-electron chi connectivity index (χ1n) is 8.35. The van der Waals surface area contributed by atoms with Crippen LogP contribution in [0.15, 0.2) is 58.3 Å². The molecule has 2 aromatic carbocycles. The number of rotatable bonds is 5. The second-order valence-electron chi connectivity index (χ2n) is 6.44. The molecule has 0 aliphatic carbocycles. The molecule has 116 valence electrons. The van der Waals surface area contributed by atoms with Gasteiger partial charge in [-0.15, -0.1) is 0 Å². The minimum Gasteiger partial charge on any atom is -0.337 e. The molecule has 1 unspecified atom stereocenters. The van der Waals surface area contributed by atoms with Gasteiger partial charge in [-0.2, -0.15) is 0 Å². The van der Waals surface area contributed by atoms with Crippen molar-refractivity contribution in [2.45, 2.75) is 55.9 Å². The summed E-state index contributed by atoms with van der Waals surface area (Å²) < 4.78 is 0. The first kappa shape index (κ1) is 15.5. The quantitative estimate of drug-likeness (QED) is 0.619. The smallest absolute Gasteiger partial charge is 0.0555 e. The number of fused-ring (bicyclic) bond motifs is 2. The van der Waals surface area contributed by atoms with E-state index in [2.05, 4.69) is 74.2 Å². The Morgan fingerprint density at radius 1 is 0.864 bits per heavy atom. The van der Waals surface area contributed by atoms with Gasteiger partial charge < -0.3 is 4.90 Å². The third kappa shape index (κ3) is 3.03. The standard InChI is InChI=1S/C20H25NS/c1-4-16(14-13-15(2)3)21-17-9-5-7-11-19(17)22-20-12-8-6-10-18(20)21/h5-12,15-16H,4,13-14H2,1-3H3. The van der Waals surface area contributed by atoms with Crippen molar-refractivity contribution in [3.63, 3.8) is 0 Å². The van der Waals surface area contributed by atoms with Crippen LogP contribution in [0, 0.1) is 5.92 Å². The molecule has 0 aromatic heterocycles. The lowest BCUT2D eigenvalue weighted by molar-refractivity contribution is 0.481. The average Bonchev–Trinajstić information content (AvgIpc) is 2.54. The predicted molar refractivity (Wildman–Crippen MR) is 97.3 cm³/mol. The fraction of sp³-hybridized carbons (Fsp3) is 0.400. The molecule has 1 atom stereocenters. The largest absolute Gasteiger partial charge is 0.337 e. The predicted octanol–water partition coefficient (Wildman–Crippen LogP) is 6.50. The highest BCUT2D eigenvalue weighted by molar-refractivity contribution is 7.99. The molecule has 1 aliphatic heterocycles. The lowest BCUT2D eigenvalue weighted by Crippen LogP contribution is -2.32.